The maximum atomic E-state index is 12.2. The number of carbonyl (C=O) groups excluding carboxylic acids is 1. The van der Waals surface area contributed by atoms with E-state index in [0.29, 0.717) is 26.7 Å². The van der Waals surface area contributed by atoms with Gasteiger partial charge in [-0.05, 0) is 43.2 Å². The zero-order valence-corrected chi connectivity index (χ0v) is 13.3. The summed E-state index contributed by atoms with van der Waals surface area (Å²) in [6, 6.07) is 3.35. The maximum Gasteiger partial charge on any atom is 0.251 e. The Bertz CT molecular complexity index is 496. The van der Waals surface area contributed by atoms with Gasteiger partial charge in [0.15, 0.2) is 0 Å². The number of benzene rings is 1. The van der Waals surface area contributed by atoms with Crippen molar-refractivity contribution in [1.82, 2.24) is 5.32 Å². The third-order valence-corrected chi connectivity index (χ3v) is 4.64. The van der Waals surface area contributed by atoms with Crippen LogP contribution < -0.4 is 11.1 Å². The Labute approximate surface area is 129 Å². The lowest BCUT2D eigenvalue weighted by molar-refractivity contribution is 0.0909. The summed E-state index contributed by atoms with van der Waals surface area (Å²) in [5.41, 5.74) is 6.82. The minimum Gasteiger partial charge on any atom is -0.396 e. The van der Waals surface area contributed by atoms with Crippen LogP contribution in [0.15, 0.2) is 12.1 Å². The summed E-state index contributed by atoms with van der Waals surface area (Å²) in [6.45, 7) is 4.54. The Kier molecular flexibility index (Phi) is 4.50. The minimum absolute atomic E-state index is 0.140. The maximum absolute atomic E-state index is 12.2. The molecule has 0 heterocycles. The molecule has 1 aromatic rings. The van der Waals surface area contributed by atoms with E-state index in [9.17, 15) is 4.79 Å². The predicted molar refractivity (Wildman–Crippen MR) is 84.4 cm³/mol. The van der Waals surface area contributed by atoms with Crippen molar-refractivity contribution in [3.63, 3.8) is 0 Å². The number of nitrogen functional groups attached to an aromatic ring is 1. The topological polar surface area (TPSA) is 55.1 Å². The Morgan fingerprint density at radius 2 is 1.75 bits per heavy atom. The SMILES string of the molecule is CC1(C)CCC(NC(=O)c2cc(Cl)c(N)c(Cl)c2)CC1. The standard InChI is InChI=1S/C15H20Cl2N2O/c1-15(2)5-3-10(4-6-15)19-14(20)9-7-11(16)13(18)12(17)8-9/h7-8,10H,3-6,18H2,1-2H3,(H,19,20). The summed E-state index contributed by atoms with van der Waals surface area (Å²) in [5.74, 6) is -0.140. The highest BCUT2D eigenvalue weighted by atomic mass is 35.5. The Morgan fingerprint density at radius 1 is 1.25 bits per heavy atom. The minimum atomic E-state index is -0.140. The summed E-state index contributed by atoms with van der Waals surface area (Å²) >= 11 is 11.9. The van der Waals surface area contributed by atoms with Crippen molar-refractivity contribution < 1.29 is 4.79 Å². The fourth-order valence-electron chi connectivity index (χ4n) is 2.53. The second-order valence-electron chi connectivity index (χ2n) is 6.27. The van der Waals surface area contributed by atoms with Crippen LogP contribution >= 0.6 is 23.2 Å². The number of hydrogen-bond acceptors (Lipinski definition) is 2. The molecular weight excluding hydrogens is 295 g/mol. The highest BCUT2D eigenvalue weighted by Gasteiger charge is 2.27. The molecule has 1 saturated carbocycles. The average molecular weight is 315 g/mol. The molecule has 1 aromatic carbocycles. The van der Waals surface area contributed by atoms with Gasteiger partial charge in [-0.1, -0.05) is 37.0 Å². The van der Waals surface area contributed by atoms with E-state index in [2.05, 4.69) is 19.2 Å². The van der Waals surface area contributed by atoms with Crippen molar-refractivity contribution in [2.75, 3.05) is 5.73 Å². The van der Waals surface area contributed by atoms with Gasteiger partial charge in [0, 0.05) is 11.6 Å². The first-order chi connectivity index (χ1) is 9.28. The molecule has 3 nitrogen and oxygen atoms in total. The van der Waals surface area contributed by atoms with Crippen LogP contribution in [0.5, 0.6) is 0 Å². The number of nitrogens with one attached hydrogen (secondary N) is 1. The number of carbonyl (C=O) groups is 1. The summed E-state index contributed by atoms with van der Waals surface area (Å²) in [5, 5.41) is 3.67. The Balaban J connectivity index is 2.02. The number of anilines is 1. The summed E-state index contributed by atoms with van der Waals surface area (Å²) in [6.07, 6.45) is 4.27. The van der Waals surface area contributed by atoms with E-state index in [-0.39, 0.29) is 11.9 Å². The quantitative estimate of drug-likeness (QED) is 0.801. The van der Waals surface area contributed by atoms with Gasteiger partial charge in [-0.2, -0.15) is 0 Å². The van der Waals surface area contributed by atoms with Crippen molar-refractivity contribution in [1.29, 1.82) is 0 Å². The van der Waals surface area contributed by atoms with Crippen molar-refractivity contribution in [3.8, 4) is 0 Å². The zero-order valence-electron chi connectivity index (χ0n) is 11.8. The number of halogens is 2. The largest absolute Gasteiger partial charge is 0.396 e. The molecule has 1 fully saturated rings. The average Bonchev–Trinajstić information content (AvgIpc) is 2.37. The molecule has 20 heavy (non-hydrogen) atoms. The molecule has 0 radical (unpaired) electrons. The molecule has 2 rings (SSSR count). The fourth-order valence-corrected chi connectivity index (χ4v) is 3.01. The molecule has 1 aliphatic carbocycles. The molecular formula is C15H20Cl2N2O. The molecule has 5 heteroatoms. The third-order valence-electron chi connectivity index (χ3n) is 4.02. The second kappa shape index (κ2) is 5.82. The highest BCUT2D eigenvalue weighted by Crippen LogP contribution is 2.35. The van der Waals surface area contributed by atoms with Gasteiger partial charge in [0.05, 0.1) is 15.7 Å². The molecule has 0 aliphatic heterocycles. The molecule has 1 amide bonds. The van der Waals surface area contributed by atoms with Gasteiger partial charge >= 0.3 is 0 Å². The second-order valence-corrected chi connectivity index (χ2v) is 7.08. The first-order valence-corrected chi connectivity index (χ1v) is 7.59. The van der Waals surface area contributed by atoms with E-state index < -0.39 is 0 Å². The van der Waals surface area contributed by atoms with Gasteiger partial charge in [-0.25, -0.2) is 0 Å². The third kappa shape index (κ3) is 3.58. The first kappa shape index (κ1) is 15.5. The molecule has 110 valence electrons. The number of rotatable bonds is 2. The summed E-state index contributed by atoms with van der Waals surface area (Å²) in [4.78, 5) is 12.2. The number of hydrogen-bond donors (Lipinski definition) is 2. The van der Waals surface area contributed by atoms with Crippen LogP contribution in [0.1, 0.15) is 49.9 Å². The lowest BCUT2D eigenvalue weighted by Crippen LogP contribution is -2.39. The molecule has 0 atom stereocenters. The molecule has 0 unspecified atom stereocenters. The molecule has 3 N–H and O–H groups in total. The molecule has 0 aromatic heterocycles. The normalized spacial score (nSPS) is 18.8. The van der Waals surface area contributed by atoms with Crippen molar-refractivity contribution in [3.05, 3.63) is 27.7 Å². The van der Waals surface area contributed by atoms with Gasteiger partial charge in [0.25, 0.3) is 5.91 Å². The monoisotopic (exact) mass is 314 g/mol. The Morgan fingerprint density at radius 3 is 2.25 bits per heavy atom. The van der Waals surface area contributed by atoms with Crippen LogP contribution in [-0.2, 0) is 0 Å². The first-order valence-electron chi connectivity index (χ1n) is 6.84. The van der Waals surface area contributed by atoms with Crippen LogP contribution in [0, 0.1) is 5.41 Å². The fraction of sp³-hybridized carbons (Fsp3) is 0.533. The van der Waals surface area contributed by atoms with Gasteiger partial charge in [-0.3, -0.25) is 4.79 Å². The van der Waals surface area contributed by atoms with Crippen LogP contribution in [-0.4, -0.2) is 11.9 Å². The zero-order chi connectivity index (χ0) is 14.9. The van der Waals surface area contributed by atoms with Gasteiger partial charge in [0.2, 0.25) is 0 Å². The van der Waals surface area contributed by atoms with Crippen molar-refractivity contribution in [2.45, 2.75) is 45.6 Å². The molecule has 0 spiro atoms. The summed E-state index contributed by atoms with van der Waals surface area (Å²) < 4.78 is 0. The van der Waals surface area contributed by atoms with Crippen LogP contribution in [0.25, 0.3) is 0 Å². The lowest BCUT2D eigenvalue weighted by atomic mass is 9.75. The molecule has 0 saturated heterocycles. The van der Waals surface area contributed by atoms with Gasteiger partial charge < -0.3 is 11.1 Å². The molecule has 0 bridgehead atoms. The van der Waals surface area contributed by atoms with Crippen LogP contribution in [0.4, 0.5) is 5.69 Å². The van der Waals surface area contributed by atoms with E-state index >= 15 is 0 Å². The number of nitrogens with two attached hydrogens (primary N) is 1. The summed E-state index contributed by atoms with van der Waals surface area (Å²) in [7, 11) is 0. The van der Waals surface area contributed by atoms with E-state index in [4.69, 9.17) is 28.9 Å². The van der Waals surface area contributed by atoms with Gasteiger partial charge in [-0.15, -0.1) is 0 Å². The van der Waals surface area contributed by atoms with Crippen LogP contribution in [0.2, 0.25) is 10.0 Å². The molecule has 1 aliphatic rings. The Hall–Kier alpha value is -0.930. The van der Waals surface area contributed by atoms with E-state index in [1.54, 1.807) is 12.1 Å². The number of amides is 1. The van der Waals surface area contributed by atoms with Crippen molar-refractivity contribution in [2.24, 2.45) is 5.41 Å². The highest BCUT2D eigenvalue weighted by molar-refractivity contribution is 6.39. The van der Waals surface area contributed by atoms with E-state index in [0.717, 1.165) is 25.7 Å². The predicted octanol–water partition coefficient (Wildman–Crippen LogP) is 4.27. The van der Waals surface area contributed by atoms with Crippen LogP contribution in [0.3, 0.4) is 0 Å². The van der Waals surface area contributed by atoms with E-state index in [1.807, 2.05) is 0 Å². The van der Waals surface area contributed by atoms with Crippen molar-refractivity contribution >= 4 is 34.8 Å². The van der Waals surface area contributed by atoms with E-state index in [1.165, 1.54) is 0 Å². The lowest BCUT2D eigenvalue weighted by Gasteiger charge is -2.34. The van der Waals surface area contributed by atoms with Gasteiger partial charge in [0.1, 0.15) is 0 Å². The smallest absolute Gasteiger partial charge is 0.251 e.